The van der Waals surface area contributed by atoms with E-state index in [0.717, 1.165) is 16.9 Å². The second-order valence-electron chi connectivity index (χ2n) is 4.56. The van der Waals surface area contributed by atoms with Crippen LogP contribution in [0.3, 0.4) is 0 Å². The first kappa shape index (κ1) is 13.6. The Morgan fingerprint density at radius 1 is 1.35 bits per heavy atom. The highest BCUT2D eigenvalue weighted by Crippen LogP contribution is 2.28. The first-order valence-electron chi connectivity index (χ1n) is 5.89. The molecule has 0 amide bonds. The molecule has 0 spiro atoms. The molecule has 0 bridgehead atoms. The van der Waals surface area contributed by atoms with E-state index in [0.29, 0.717) is 6.42 Å². The van der Waals surface area contributed by atoms with E-state index in [-0.39, 0.29) is 12.5 Å². The Bertz CT molecular complexity index is 408. The predicted octanol–water partition coefficient (Wildman–Crippen LogP) is 3.11. The lowest BCUT2D eigenvalue weighted by Crippen LogP contribution is -2.10. The fraction of sp³-hybridized carbons (Fsp3) is 0.500. The van der Waals surface area contributed by atoms with E-state index in [1.165, 1.54) is 5.56 Å². The minimum atomic E-state index is -0.779. The Hall–Kier alpha value is -1.51. The number of carboxylic acid groups (broad SMARTS) is 1. The van der Waals surface area contributed by atoms with Crippen molar-refractivity contribution < 1.29 is 14.6 Å². The highest BCUT2D eigenvalue weighted by Gasteiger charge is 2.12. The predicted molar refractivity (Wildman–Crippen MR) is 67.6 cm³/mol. The van der Waals surface area contributed by atoms with Crippen LogP contribution < -0.4 is 4.74 Å². The highest BCUT2D eigenvalue weighted by molar-refractivity contribution is 5.67. The van der Waals surface area contributed by atoms with Crippen molar-refractivity contribution in [3.63, 3.8) is 0 Å². The zero-order valence-corrected chi connectivity index (χ0v) is 10.9. The summed E-state index contributed by atoms with van der Waals surface area (Å²) in [4.78, 5) is 10.6. The molecule has 0 heterocycles. The van der Waals surface area contributed by atoms with Crippen LogP contribution in [0.15, 0.2) is 12.1 Å². The van der Waals surface area contributed by atoms with Gasteiger partial charge in [-0.2, -0.15) is 0 Å². The fourth-order valence-electron chi connectivity index (χ4n) is 1.68. The summed E-state index contributed by atoms with van der Waals surface area (Å²) in [5, 5.41) is 8.73. The molecule has 3 heteroatoms. The number of carboxylic acids is 1. The maximum Gasteiger partial charge on any atom is 0.303 e. The molecule has 0 aliphatic heterocycles. The van der Waals surface area contributed by atoms with Crippen molar-refractivity contribution in [2.75, 3.05) is 0 Å². The summed E-state index contributed by atoms with van der Waals surface area (Å²) in [6, 6.07) is 3.97. The molecule has 0 aromatic heterocycles. The van der Waals surface area contributed by atoms with Gasteiger partial charge in [-0.25, -0.2) is 0 Å². The van der Waals surface area contributed by atoms with Gasteiger partial charge in [0.05, 0.1) is 6.10 Å². The SMILES string of the molecule is Cc1ccc(CCC(=O)O)c(OC(C)C)c1C. The highest BCUT2D eigenvalue weighted by atomic mass is 16.5. The van der Waals surface area contributed by atoms with Gasteiger partial charge in [0.2, 0.25) is 0 Å². The largest absolute Gasteiger partial charge is 0.490 e. The summed E-state index contributed by atoms with van der Waals surface area (Å²) in [7, 11) is 0. The van der Waals surface area contributed by atoms with Crippen LogP contribution in [0.5, 0.6) is 5.75 Å². The van der Waals surface area contributed by atoms with Crippen LogP contribution in [0, 0.1) is 13.8 Å². The number of rotatable bonds is 5. The van der Waals surface area contributed by atoms with E-state index < -0.39 is 5.97 Å². The molecule has 0 aliphatic rings. The second-order valence-corrected chi connectivity index (χ2v) is 4.56. The normalized spacial score (nSPS) is 10.6. The van der Waals surface area contributed by atoms with Crippen LogP contribution in [-0.4, -0.2) is 17.2 Å². The van der Waals surface area contributed by atoms with Crippen LogP contribution in [0.2, 0.25) is 0 Å². The van der Waals surface area contributed by atoms with Crippen molar-refractivity contribution in [2.24, 2.45) is 0 Å². The Labute approximate surface area is 102 Å². The van der Waals surface area contributed by atoms with Crippen LogP contribution in [0.1, 0.15) is 37.0 Å². The minimum absolute atomic E-state index is 0.0964. The average Bonchev–Trinajstić information content (AvgIpc) is 2.23. The summed E-state index contributed by atoms with van der Waals surface area (Å²) in [6.07, 6.45) is 0.745. The minimum Gasteiger partial charge on any atom is -0.490 e. The van der Waals surface area contributed by atoms with Crippen molar-refractivity contribution in [3.8, 4) is 5.75 Å². The maximum absolute atomic E-state index is 10.6. The Morgan fingerprint density at radius 2 is 2.00 bits per heavy atom. The number of aliphatic carboxylic acids is 1. The van der Waals surface area contributed by atoms with Gasteiger partial charge in [-0.1, -0.05) is 12.1 Å². The molecule has 1 aromatic rings. The number of hydrogen-bond donors (Lipinski definition) is 1. The van der Waals surface area contributed by atoms with Gasteiger partial charge in [0.15, 0.2) is 0 Å². The van der Waals surface area contributed by atoms with E-state index in [4.69, 9.17) is 9.84 Å². The standard InChI is InChI=1S/C14H20O3/c1-9(2)17-14-11(4)10(3)5-6-12(14)7-8-13(15)16/h5-6,9H,7-8H2,1-4H3,(H,15,16). The zero-order valence-electron chi connectivity index (χ0n) is 10.9. The van der Waals surface area contributed by atoms with Gasteiger partial charge in [-0.3, -0.25) is 4.79 Å². The molecule has 1 rings (SSSR count). The molecule has 0 saturated carbocycles. The van der Waals surface area contributed by atoms with E-state index in [1.807, 2.05) is 39.8 Å². The van der Waals surface area contributed by atoms with Crippen molar-refractivity contribution in [1.29, 1.82) is 0 Å². The van der Waals surface area contributed by atoms with E-state index in [2.05, 4.69) is 0 Å². The second kappa shape index (κ2) is 5.71. The van der Waals surface area contributed by atoms with Gasteiger partial charge in [0.25, 0.3) is 0 Å². The Morgan fingerprint density at radius 3 is 2.53 bits per heavy atom. The third-order valence-corrected chi connectivity index (χ3v) is 2.72. The summed E-state index contributed by atoms with van der Waals surface area (Å²) in [5.74, 6) is 0.0694. The van der Waals surface area contributed by atoms with Crippen LogP contribution in [0.25, 0.3) is 0 Å². The zero-order chi connectivity index (χ0) is 13.0. The molecule has 0 saturated heterocycles. The van der Waals surface area contributed by atoms with Crippen molar-refractivity contribution >= 4 is 5.97 Å². The molecule has 0 radical (unpaired) electrons. The first-order valence-corrected chi connectivity index (χ1v) is 5.89. The Kier molecular flexibility index (Phi) is 4.55. The Balaban J connectivity index is 3.02. The quantitative estimate of drug-likeness (QED) is 0.854. The van der Waals surface area contributed by atoms with Crippen LogP contribution >= 0.6 is 0 Å². The molecule has 3 nitrogen and oxygen atoms in total. The molecule has 0 aliphatic carbocycles. The average molecular weight is 236 g/mol. The van der Waals surface area contributed by atoms with Gasteiger partial charge in [0, 0.05) is 6.42 Å². The molecule has 1 aromatic carbocycles. The first-order chi connectivity index (χ1) is 7.91. The summed E-state index contributed by atoms with van der Waals surface area (Å²) >= 11 is 0. The topological polar surface area (TPSA) is 46.5 Å². The maximum atomic E-state index is 10.6. The number of ether oxygens (including phenoxy) is 1. The third kappa shape index (κ3) is 3.77. The van der Waals surface area contributed by atoms with E-state index in [9.17, 15) is 4.79 Å². The molecule has 0 atom stereocenters. The van der Waals surface area contributed by atoms with Crippen molar-refractivity contribution in [3.05, 3.63) is 28.8 Å². The van der Waals surface area contributed by atoms with Gasteiger partial charge >= 0.3 is 5.97 Å². The third-order valence-electron chi connectivity index (χ3n) is 2.72. The summed E-state index contributed by atoms with van der Waals surface area (Å²) in [6.45, 7) is 7.99. The molecular formula is C14H20O3. The number of benzene rings is 1. The smallest absolute Gasteiger partial charge is 0.303 e. The van der Waals surface area contributed by atoms with E-state index >= 15 is 0 Å². The lowest BCUT2D eigenvalue weighted by molar-refractivity contribution is -0.136. The number of carbonyl (C=O) groups is 1. The molecule has 1 N–H and O–H groups in total. The molecule has 0 unspecified atom stereocenters. The lowest BCUT2D eigenvalue weighted by Gasteiger charge is -2.18. The van der Waals surface area contributed by atoms with Gasteiger partial charge in [-0.05, 0) is 50.8 Å². The van der Waals surface area contributed by atoms with Crippen LogP contribution in [0.4, 0.5) is 0 Å². The van der Waals surface area contributed by atoms with Crippen LogP contribution in [-0.2, 0) is 11.2 Å². The van der Waals surface area contributed by atoms with Gasteiger partial charge in [0.1, 0.15) is 5.75 Å². The summed E-state index contributed by atoms with van der Waals surface area (Å²) in [5.41, 5.74) is 3.24. The van der Waals surface area contributed by atoms with Crippen molar-refractivity contribution in [2.45, 2.75) is 46.6 Å². The summed E-state index contributed by atoms with van der Waals surface area (Å²) < 4.78 is 5.80. The molecular weight excluding hydrogens is 216 g/mol. The van der Waals surface area contributed by atoms with Crippen molar-refractivity contribution in [1.82, 2.24) is 0 Å². The van der Waals surface area contributed by atoms with Gasteiger partial charge in [-0.15, -0.1) is 0 Å². The number of hydrogen-bond acceptors (Lipinski definition) is 2. The molecule has 0 fully saturated rings. The molecule has 17 heavy (non-hydrogen) atoms. The van der Waals surface area contributed by atoms with E-state index in [1.54, 1.807) is 0 Å². The molecule has 94 valence electrons. The number of aryl methyl sites for hydroxylation is 2. The van der Waals surface area contributed by atoms with Gasteiger partial charge < -0.3 is 9.84 Å². The lowest BCUT2D eigenvalue weighted by atomic mass is 10.0. The fourth-order valence-corrected chi connectivity index (χ4v) is 1.68. The monoisotopic (exact) mass is 236 g/mol.